The van der Waals surface area contributed by atoms with Crippen LogP contribution in [0.3, 0.4) is 0 Å². The van der Waals surface area contributed by atoms with Crippen LogP contribution in [0, 0.1) is 5.92 Å². The number of hydrogen-bond acceptors (Lipinski definition) is 5. The average molecular weight is 264 g/mol. The van der Waals surface area contributed by atoms with E-state index in [4.69, 9.17) is 4.74 Å². The van der Waals surface area contributed by atoms with Crippen molar-refractivity contribution in [3.63, 3.8) is 0 Å². The first kappa shape index (κ1) is 14.1. The number of rotatable bonds is 4. The predicted molar refractivity (Wildman–Crippen MR) is 77.5 cm³/mol. The SMILES string of the molecule is CNc1cc(N2CCCC(C)C2C)nc(COC)n1. The minimum absolute atomic E-state index is 0.445. The summed E-state index contributed by atoms with van der Waals surface area (Å²) in [6.07, 6.45) is 2.52. The van der Waals surface area contributed by atoms with Gasteiger partial charge in [-0.3, -0.25) is 0 Å². The molecule has 2 heterocycles. The maximum Gasteiger partial charge on any atom is 0.158 e. The van der Waals surface area contributed by atoms with Crippen molar-refractivity contribution in [2.45, 2.75) is 39.3 Å². The van der Waals surface area contributed by atoms with E-state index < -0.39 is 0 Å². The van der Waals surface area contributed by atoms with E-state index in [1.54, 1.807) is 7.11 Å². The molecule has 2 atom stereocenters. The highest BCUT2D eigenvalue weighted by Gasteiger charge is 2.26. The number of aromatic nitrogens is 2. The summed E-state index contributed by atoms with van der Waals surface area (Å²) in [7, 11) is 3.55. The maximum absolute atomic E-state index is 5.15. The van der Waals surface area contributed by atoms with E-state index in [1.807, 2.05) is 13.1 Å². The molecule has 0 radical (unpaired) electrons. The number of nitrogens with one attached hydrogen (secondary N) is 1. The molecule has 106 valence electrons. The molecule has 1 aromatic heterocycles. The molecule has 0 spiro atoms. The monoisotopic (exact) mass is 264 g/mol. The van der Waals surface area contributed by atoms with Crippen LogP contribution in [0.5, 0.6) is 0 Å². The van der Waals surface area contributed by atoms with Gasteiger partial charge in [-0.2, -0.15) is 0 Å². The third-order valence-corrected chi connectivity index (χ3v) is 3.96. The molecule has 19 heavy (non-hydrogen) atoms. The first-order chi connectivity index (χ1) is 9.15. The minimum Gasteiger partial charge on any atom is -0.377 e. The molecule has 0 aromatic carbocycles. The highest BCUT2D eigenvalue weighted by molar-refractivity contribution is 5.50. The maximum atomic E-state index is 5.15. The highest BCUT2D eigenvalue weighted by atomic mass is 16.5. The Hall–Kier alpha value is -1.36. The van der Waals surface area contributed by atoms with E-state index in [0.29, 0.717) is 18.6 Å². The van der Waals surface area contributed by atoms with Crippen molar-refractivity contribution in [2.75, 3.05) is 30.9 Å². The average Bonchev–Trinajstić information content (AvgIpc) is 2.42. The largest absolute Gasteiger partial charge is 0.377 e. The van der Waals surface area contributed by atoms with Gasteiger partial charge in [0, 0.05) is 32.8 Å². The lowest BCUT2D eigenvalue weighted by atomic mass is 9.92. The standard InChI is InChI=1S/C14H24N4O/c1-10-6-5-7-18(11(10)2)14-8-12(15-3)16-13(17-14)9-19-4/h8,10-11H,5-7,9H2,1-4H3,(H,15,16,17). The predicted octanol–water partition coefficient (Wildman–Crippen LogP) is 2.29. The van der Waals surface area contributed by atoms with Gasteiger partial charge in [0.1, 0.15) is 18.2 Å². The summed E-state index contributed by atoms with van der Waals surface area (Å²) < 4.78 is 5.15. The Bertz CT molecular complexity index is 424. The minimum atomic E-state index is 0.445. The third kappa shape index (κ3) is 3.15. The van der Waals surface area contributed by atoms with Crippen LogP contribution in [0.2, 0.25) is 0 Å². The molecular formula is C14H24N4O. The van der Waals surface area contributed by atoms with Crippen molar-refractivity contribution in [1.29, 1.82) is 0 Å². The number of piperidine rings is 1. The Morgan fingerprint density at radius 1 is 1.42 bits per heavy atom. The molecule has 5 heteroatoms. The Balaban J connectivity index is 2.29. The molecule has 5 nitrogen and oxygen atoms in total. The van der Waals surface area contributed by atoms with Crippen LogP contribution in [-0.2, 0) is 11.3 Å². The molecule has 1 aliphatic rings. The van der Waals surface area contributed by atoms with Gasteiger partial charge in [-0.25, -0.2) is 9.97 Å². The van der Waals surface area contributed by atoms with Gasteiger partial charge in [-0.1, -0.05) is 6.92 Å². The van der Waals surface area contributed by atoms with Gasteiger partial charge in [0.2, 0.25) is 0 Å². The Kier molecular flexibility index (Phi) is 4.58. The molecule has 0 bridgehead atoms. The number of nitrogens with zero attached hydrogens (tertiary/aromatic N) is 3. The fraction of sp³-hybridized carbons (Fsp3) is 0.714. The van der Waals surface area contributed by atoms with E-state index in [9.17, 15) is 0 Å². The molecular weight excluding hydrogens is 240 g/mol. The molecule has 0 aliphatic carbocycles. The van der Waals surface area contributed by atoms with E-state index in [-0.39, 0.29) is 0 Å². The van der Waals surface area contributed by atoms with Crippen LogP contribution in [0.15, 0.2) is 6.07 Å². The van der Waals surface area contributed by atoms with E-state index in [2.05, 4.69) is 34.0 Å². The van der Waals surface area contributed by atoms with E-state index in [0.717, 1.165) is 24.0 Å². The second kappa shape index (κ2) is 6.19. The van der Waals surface area contributed by atoms with Crippen molar-refractivity contribution in [3.8, 4) is 0 Å². The Labute approximate surface area is 115 Å². The van der Waals surface area contributed by atoms with Crippen LogP contribution < -0.4 is 10.2 Å². The first-order valence-corrected chi connectivity index (χ1v) is 6.97. The summed E-state index contributed by atoms with van der Waals surface area (Å²) in [5.41, 5.74) is 0. The molecule has 2 rings (SSSR count). The third-order valence-electron chi connectivity index (χ3n) is 3.96. The lowest BCUT2D eigenvalue weighted by molar-refractivity contribution is 0.178. The van der Waals surface area contributed by atoms with Gasteiger partial charge in [0.05, 0.1) is 0 Å². The molecule has 0 saturated carbocycles. The van der Waals surface area contributed by atoms with Gasteiger partial charge in [0.15, 0.2) is 5.82 Å². The second-order valence-corrected chi connectivity index (χ2v) is 5.26. The molecule has 1 saturated heterocycles. The van der Waals surface area contributed by atoms with Crippen LogP contribution in [0.1, 0.15) is 32.5 Å². The van der Waals surface area contributed by atoms with E-state index >= 15 is 0 Å². The van der Waals surface area contributed by atoms with Crippen molar-refractivity contribution in [3.05, 3.63) is 11.9 Å². The van der Waals surface area contributed by atoms with Crippen molar-refractivity contribution >= 4 is 11.6 Å². The molecule has 0 amide bonds. The normalized spacial score (nSPS) is 23.5. The van der Waals surface area contributed by atoms with Crippen molar-refractivity contribution < 1.29 is 4.74 Å². The fourth-order valence-corrected chi connectivity index (χ4v) is 2.61. The van der Waals surface area contributed by atoms with Crippen LogP contribution >= 0.6 is 0 Å². The second-order valence-electron chi connectivity index (χ2n) is 5.26. The molecule has 1 N–H and O–H groups in total. The fourth-order valence-electron chi connectivity index (χ4n) is 2.61. The van der Waals surface area contributed by atoms with Gasteiger partial charge in [-0.05, 0) is 25.7 Å². The number of anilines is 2. The number of methoxy groups -OCH3 is 1. The Morgan fingerprint density at radius 3 is 2.89 bits per heavy atom. The Morgan fingerprint density at radius 2 is 2.21 bits per heavy atom. The van der Waals surface area contributed by atoms with Gasteiger partial charge in [0.25, 0.3) is 0 Å². The van der Waals surface area contributed by atoms with Crippen molar-refractivity contribution in [1.82, 2.24) is 9.97 Å². The molecule has 1 aromatic rings. The van der Waals surface area contributed by atoms with Crippen LogP contribution in [0.25, 0.3) is 0 Å². The lowest BCUT2D eigenvalue weighted by Crippen LogP contribution is -2.43. The van der Waals surface area contributed by atoms with Crippen LogP contribution in [0.4, 0.5) is 11.6 Å². The zero-order chi connectivity index (χ0) is 13.8. The van der Waals surface area contributed by atoms with Gasteiger partial charge >= 0.3 is 0 Å². The zero-order valence-corrected chi connectivity index (χ0v) is 12.3. The quantitative estimate of drug-likeness (QED) is 0.904. The molecule has 2 unspecified atom stereocenters. The van der Waals surface area contributed by atoms with Crippen LogP contribution in [-0.4, -0.2) is 36.7 Å². The lowest BCUT2D eigenvalue weighted by Gasteiger charge is -2.39. The summed E-state index contributed by atoms with van der Waals surface area (Å²) in [4.78, 5) is 11.4. The smallest absolute Gasteiger partial charge is 0.158 e. The van der Waals surface area contributed by atoms with E-state index in [1.165, 1.54) is 12.8 Å². The summed E-state index contributed by atoms with van der Waals surface area (Å²) in [5.74, 6) is 3.29. The molecule has 1 fully saturated rings. The number of hydrogen-bond donors (Lipinski definition) is 1. The number of ether oxygens (including phenoxy) is 1. The highest BCUT2D eigenvalue weighted by Crippen LogP contribution is 2.28. The molecule has 1 aliphatic heterocycles. The summed E-state index contributed by atoms with van der Waals surface area (Å²) in [6, 6.07) is 2.54. The zero-order valence-electron chi connectivity index (χ0n) is 12.3. The summed E-state index contributed by atoms with van der Waals surface area (Å²) in [6.45, 7) is 6.10. The summed E-state index contributed by atoms with van der Waals surface area (Å²) >= 11 is 0. The summed E-state index contributed by atoms with van der Waals surface area (Å²) in [5, 5.41) is 3.10. The topological polar surface area (TPSA) is 50.3 Å². The van der Waals surface area contributed by atoms with Gasteiger partial charge in [-0.15, -0.1) is 0 Å². The van der Waals surface area contributed by atoms with Gasteiger partial charge < -0.3 is 15.0 Å². The van der Waals surface area contributed by atoms with Crippen molar-refractivity contribution in [2.24, 2.45) is 5.92 Å². The first-order valence-electron chi connectivity index (χ1n) is 6.97.